The van der Waals surface area contributed by atoms with E-state index >= 15 is 0 Å². The number of amides is 4. The minimum Gasteiger partial charge on any atom is -0.486 e. The van der Waals surface area contributed by atoms with Crippen molar-refractivity contribution < 1.29 is 38.1 Å². The van der Waals surface area contributed by atoms with Gasteiger partial charge >= 0.3 is 6.03 Å². The van der Waals surface area contributed by atoms with E-state index in [0.29, 0.717) is 41.8 Å². The molecule has 3 heterocycles. The summed E-state index contributed by atoms with van der Waals surface area (Å²) in [6.07, 6.45) is 0. The number of anilines is 1. The highest BCUT2D eigenvalue weighted by atomic mass is 16.7. The first kappa shape index (κ1) is 21.6. The van der Waals surface area contributed by atoms with Crippen LogP contribution in [-0.4, -0.2) is 55.1 Å². The van der Waals surface area contributed by atoms with Crippen molar-refractivity contribution in [3.05, 3.63) is 41.5 Å². The second kappa shape index (κ2) is 7.94. The van der Waals surface area contributed by atoms with Gasteiger partial charge in [-0.05, 0) is 37.6 Å². The van der Waals surface area contributed by atoms with Gasteiger partial charge in [0.05, 0.1) is 5.69 Å². The van der Waals surface area contributed by atoms with E-state index in [-0.39, 0.29) is 23.8 Å². The minimum atomic E-state index is -1.39. The lowest BCUT2D eigenvalue weighted by molar-refractivity contribution is -0.133. The first-order chi connectivity index (χ1) is 16.3. The van der Waals surface area contributed by atoms with Gasteiger partial charge in [0.25, 0.3) is 5.91 Å². The number of urea groups is 1. The number of rotatable bonds is 5. The van der Waals surface area contributed by atoms with Gasteiger partial charge in [0.1, 0.15) is 25.3 Å². The maximum Gasteiger partial charge on any atom is 0.325 e. The Morgan fingerprint density at radius 3 is 2.41 bits per heavy atom. The van der Waals surface area contributed by atoms with Gasteiger partial charge in [-0.3, -0.25) is 19.3 Å². The number of hydrogen-bond acceptors (Lipinski definition) is 8. The highest BCUT2D eigenvalue weighted by Crippen LogP contribution is 2.38. The standard InChI is InChI=1S/C23H21N3O8/c1-12(27)14-8-18-19(34-11-33-18)9-15(14)24-20(28)10-26-21(29)23(2,25-22(26)30)13-3-4-16-17(7-13)32-6-5-31-16/h3-4,7-9H,5-6,10-11H2,1-2H3,(H,24,28)(H,25,30). The van der Waals surface area contributed by atoms with E-state index in [2.05, 4.69) is 10.6 Å². The molecule has 0 aromatic heterocycles. The molecule has 0 aliphatic carbocycles. The number of imide groups is 1. The van der Waals surface area contributed by atoms with Crippen molar-refractivity contribution in [3.8, 4) is 23.0 Å². The van der Waals surface area contributed by atoms with E-state index in [4.69, 9.17) is 18.9 Å². The summed E-state index contributed by atoms with van der Waals surface area (Å²) < 4.78 is 21.7. The third-order valence-corrected chi connectivity index (χ3v) is 5.86. The fourth-order valence-corrected chi connectivity index (χ4v) is 4.06. The number of nitrogens with zero attached hydrogens (tertiary/aromatic N) is 1. The number of carbonyl (C=O) groups excluding carboxylic acids is 4. The van der Waals surface area contributed by atoms with Crippen LogP contribution in [0.25, 0.3) is 0 Å². The average molecular weight is 467 g/mol. The Labute approximate surface area is 193 Å². The molecule has 0 radical (unpaired) electrons. The lowest BCUT2D eigenvalue weighted by Crippen LogP contribution is -2.42. The largest absolute Gasteiger partial charge is 0.486 e. The van der Waals surface area contributed by atoms with Gasteiger partial charge < -0.3 is 29.6 Å². The molecule has 1 atom stereocenters. The van der Waals surface area contributed by atoms with E-state index in [1.807, 2.05) is 0 Å². The van der Waals surface area contributed by atoms with Crippen molar-refractivity contribution in [2.45, 2.75) is 19.4 Å². The SMILES string of the molecule is CC(=O)c1cc2c(cc1NC(=O)CN1C(=O)NC(C)(c3ccc4c(c3)OCCO4)C1=O)OCO2. The zero-order chi connectivity index (χ0) is 24.0. The van der Waals surface area contributed by atoms with Crippen molar-refractivity contribution in [1.29, 1.82) is 0 Å². The molecule has 4 amide bonds. The van der Waals surface area contributed by atoms with Gasteiger partial charge in [0.2, 0.25) is 12.7 Å². The minimum absolute atomic E-state index is 0.00493. The number of fused-ring (bicyclic) bond motifs is 2. The Morgan fingerprint density at radius 2 is 1.68 bits per heavy atom. The van der Waals surface area contributed by atoms with E-state index < -0.39 is 29.9 Å². The number of ether oxygens (including phenoxy) is 4. The van der Waals surface area contributed by atoms with Crippen LogP contribution in [0.3, 0.4) is 0 Å². The number of benzene rings is 2. The first-order valence-corrected chi connectivity index (χ1v) is 10.5. The van der Waals surface area contributed by atoms with Gasteiger partial charge in [-0.15, -0.1) is 0 Å². The van der Waals surface area contributed by atoms with Crippen LogP contribution in [0.2, 0.25) is 0 Å². The van der Waals surface area contributed by atoms with Crippen LogP contribution in [0, 0.1) is 0 Å². The Morgan fingerprint density at radius 1 is 1.00 bits per heavy atom. The number of nitrogens with one attached hydrogen (secondary N) is 2. The quantitative estimate of drug-likeness (QED) is 0.503. The normalized spacial score (nSPS) is 20.2. The molecule has 1 unspecified atom stereocenters. The monoisotopic (exact) mass is 467 g/mol. The molecule has 2 aromatic carbocycles. The number of carbonyl (C=O) groups is 4. The molecule has 2 aromatic rings. The average Bonchev–Trinajstić information content (AvgIpc) is 3.36. The molecule has 0 spiro atoms. The van der Waals surface area contributed by atoms with Crippen molar-refractivity contribution in [2.75, 3.05) is 31.9 Å². The van der Waals surface area contributed by atoms with Gasteiger partial charge in [-0.2, -0.15) is 0 Å². The second-order valence-electron chi connectivity index (χ2n) is 8.16. The molecule has 176 valence electrons. The van der Waals surface area contributed by atoms with E-state index in [0.717, 1.165) is 4.90 Å². The molecular weight excluding hydrogens is 446 g/mol. The van der Waals surface area contributed by atoms with Crippen LogP contribution in [0.15, 0.2) is 30.3 Å². The van der Waals surface area contributed by atoms with E-state index in [1.165, 1.54) is 19.1 Å². The van der Waals surface area contributed by atoms with Crippen LogP contribution in [-0.2, 0) is 15.1 Å². The van der Waals surface area contributed by atoms with Crippen LogP contribution in [0.4, 0.5) is 10.5 Å². The Kier molecular flexibility index (Phi) is 5.03. The third kappa shape index (κ3) is 3.54. The molecule has 34 heavy (non-hydrogen) atoms. The highest BCUT2D eigenvalue weighted by Gasteiger charge is 2.50. The van der Waals surface area contributed by atoms with Gasteiger partial charge in [0.15, 0.2) is 28.8 Å². The molecule has 2 N–H and O–H groups in total. The summed E-state index contributed by atoms with van der Waals surface area (Å²) in [5.41, 5.74) is -0.483. The molecule has 0 saturated carbocycles. The lowest BCUT2D eigenvalue weighted by Gasteiger charge is -2.25. The first-order valence-electron chi connectivity index (χ1n) is 10.5. The summed E-state index contributed by atoms with van der Waals surface area (Å²) in [5, 5.41) is 5.25. The van der Waals surface area contributed by atoms with E-state index in [1.54, 1.807) is 25.1 Å². The summed E-state index contributed by atoms with van der Waals surface area (Å²) in [4.78, 5) is 51.5. The van der Waals surface area contributed by atoms with E-state index in [9.17, 15) is 19.2 Å². The maximum atomic E-state index is 13.2. The second-order valence-corrected chi connectivity index (χ2v) is 8.16. The molecule has 11 heteroatoms. The van der Waals surface area contributed by atoms with Crippen LogP contribution in [0.5, 0.6) is 23.0 Å². The van der Waals surface area contributed by atoms with Crippen molar-refractivity contribution in [3.63, 3.8) is 0 Å². The predicted molar refractivity (Wildman–Crippen MR) is 116 cm³/mol. The summed E-state index contributed by atoms with van der Waals surface area (Å²) in [6.45, 7) is 3.17. The van der Waals surface area contributed by atoms with Crippen LogP contribution >= 0.6 is 0 Å². The molecule has 3 aliphatic rings. The fraction of sp³-hybridized carbons (Fsp3) is 0.304. The maximum absolute atomic E-state index is 13.2. The summed E-state index contributed by atoms with van der Waals surface area (Å²) in [7, 11) is 0. The Balaban J connectivity index is 1.35. The molecular formula is C23H21N3O8. The lowest BCUT2D eigenvalue weighted by atomic mass is 9.91. The summed E-state index contributed by atoms with van der Waals surface area (Å²) >= 11 is 0. The molecule has 5 rings (SSSR count). The third-order valence-electron chi connectivity index (χ3n) is 5.86. The topological polar surface area (TPSA) is 133 Å². The van der Waals surface area contributed by atoms with Gasteiger partial charge in [0, 0.05) is 11.6 Å². The van der Waals surface area contributed by atoms with Crippen molar-refractivity contribution in [1.82, 2.24) is 10.2 Å². The number of Topliss-reactive ketones (excluding diaryl/α,β-unsaturated/α-hetero) is 1. The fourth-order valence-electron chi connectivity index (χ4n) is 4.06. The Bertz CT molecular complexity index is 1240. The van der Waals surface area contributed by atoms with Crippen molar-refractivity contribution >= 4 is 29.3 Å². The summed E-state index contributed by atoms with van der Waals surface area (Å²) in [6, 6.07) is 7.22. The zero-order valence-corrected chi connectivity index (χ0v) is 18.4. The highest BCUT2D eigenvalue weighted by molar-refractivity contribution is 6.11. The van der Waals surface area contributed by atoms with Crippen LogP contribution in [0.1, 0.15) is 29.8 Å². The summed E-state index contributed by atoms with van der Waals surface area (Å²) in [5.74, 6) is 0.251. The smallest absolute Gasteiger partial charge is 0.325 e. The zero-order valence-electron chi connectivity index (χ0n) is 18.4. The van der Waals surface area contributed by atoms with Crippen LogP contribution < -0.4 is 29.6 Å². The van der Waals surface area contributed by atoms with Crippen molar-refractivity contribution in [2.24, 2.45) is 0 Å². The molecule has 11 nitrogen and oxygen atoms in total. The number of hydrogen-bond donors (Lipinski definition) is 2. The predicted octanol–water partition coefficient (Wildman–Crippen LogP) is 1.79. The molecule has 0 bridgehead atoms. The van der Waals surface area contributed by atoms with Gasteiger partial charge in [-0.1, -0.05) is 6.07 Å². The van der Waals surface area contributed by atoms with Gasteiger partial charge in [-0.25, -0.2) is 4.79 Å². The molecule has 3 aliphatic heterocycles. The molecule has 1 saturated heterocycles. The molecule has 1 fully saturated rings. The Hall–Kier alpha value is -4.28. The number of ketones is 1.